The molecule has 0 saturated carbocycles. The molecule has 4 rings (SSSR count). The van der Waals surface area contributed by atoms with Crippen molar-refractivity contribution in [3.05, 3.63) is 100 Å². The van der Waals surface area contributed by atoms with Crippen LogP contribution >= 0.6 is 23.2 Å². The fraction of sp³-hybridized carbons (Fsp3) is 0.148. The smallest absolute Gasteiger partial charge is 0.330 e. The van der Waals surface area contributed by atoms with Crippen LogP contribution < -0.4 is 5.32 Å². The van der Waals surface area contributed by atoms with Gasteiger partial charge in [0.05, 0.1) is 27.0 Å². The van der Waals surface area contributed by atoms with Gasteiger partial charge in [0.1, 0.15) is 12.4 Å². The van der Waals surface area contributed by atoms with Gasteiger partial charge < -0.3 is 10.2 Å². The van der Waals surface area contributed by atoms with E-state index in [-0.39, 0.29) is 12.1 Å². The number of amides is 2. The standard InChI is InChI=1S/C27H21Cl2F3N4O2/c1-2-35(26(38)18-9-6-10-19(13-18)27(30,31)32)16-25(37)33-24-15-23(17-7-4-3-5-8-17)34-36(24)20-11-12-21(28)22(29)14-20/h3-15H,2,16H2,1H3,(H,33,37). The molecule has 0 saturated heterocycles. The Morgan fingerprint density at radius 1 is 0.947 bits per heavy atom. The second-order valence-corrected chi connectivity index (χ2v) is 9.05. The largest absolute Gasteiger partial charge is 0.416 e. The average Bonchev–Trinajstić information content (AvgIpc) is 3.32. The Kier molecular flexibility index (Phi) is 8.08. The highest BCUT2D eigenvalue weighted by molar-refractivity contribution is 6.42. The van der Waals surface area contributed by atoms with Crippen molar-refractivity contribution in [1.29, 1.82) is 0 Å². The lowest BCUT2D eigenvalue weighted by Gasteiger charge is -2.21. The van der Waals surface area contributed by atoms with Crippen molar-refractivity contribution in [2.24, 2.45) is 0 Å². The maximum atomic E-state index is 13.1. The van der Waals surface area contributed by atoms with Crippen LogP contribution in [0.3, 0.4) is 0 Å². The highest BCUT2D eigenvalue weighted by atomic mass is 35.5. The van der Waals surface area contributed by atoms with Gasteiger partial charge in [-0.3, -0.25) is 9.59 Å². The summed E-state index contributed by atoms with van der Waals surface area (Å²) in [5, 5.41) is 8.00. The van der Waals surface area contributed by atoms with Gasteiger partial charge in [0.15, 0.2) is 0 Å². The quantitative estimate of drug-likeness (QED) is 0.265. The molecule has 0 radical (unpaired) electrons. The Hall–Kier alpha value is -3.82. The molecule has 0 fully saturated rings. The Bertz CT molecular complexity index is 1470. The second kappa shape index (κ2) is 11.3. The number of hydrogen-bond acceptors (Lipinski definition) is 3. The van der Waals surface area contributed by atoms with Gasteiger partial charge in [0, 0.05) is 23.7 Å². The van der Waals surface area contributed by atoms with Crippen LogP contribution in [-0.2, 0) is 11.0 Å². The summed E-state index contributed by atoms with van der Waals surface area (Å²) in [6.45, 7) is 1.34. The van der Waals surface area contributed by atoms with Gasteiger partial charge in [-0.25, -0.2) is 4.68 Å². The van der Waals surface area contributed by atoms with Crippen LogP contribution in [0.1, 0.15) is 22.8 Å². The van der Waals surface area contributed by atoms with Crippen LogP contribution in [-0.4, -0.2) is 39.6 Å². The van der Waals surface area contributed by atoms with E-state index in [0.717, 1.165) is 28.7 Å². The van der Waals surface area contributed by atoms with Gasteiger partial charge >= 0.3 is 6.18 Å². The summed E-state index contributed by atoms with van der Waals surface area (Å²) < 4.78 is 40.8. The molecule has 0 aliphatic rings. The molecule has 1 N–H and O–H groups in total. The van der Waals surface area contributed by atoms with Crippen LogP contribution in [0.4, 0.5) is 19.0 Å². The predicted octanol–water partition coefficient (Wildman–Crippen LogP) is 6.97. The van der Waals surface area contributed by atoms with Gasteiger partial charge in [-0.2, -0.15) is 18.3 Å². The number of carbonyl (C=O) groups is 2. The number of halogens is 5. The van der Waals surface area contributed by atoms with Crippen molar-refractivity contribution in [3.8, 4) is 16.9 Å². The number of nitrogens with zero attached hydrogens (tertiary/aromatic N) is 3. The summed E-state index contributed by atoms with van der Waals surface area (Å²) in [7, 11) is 0. The summed E-state index contributed by atoms with van der Waals surface area (Å²) >= 11 is 12.2. The van der Waals surface area contributed by atoms with E-state index < -0.39 is 30.1 Å². The highest BCUT2D eigenvalue weighted by Crippen LogP contribution is 2.30. The van der Waals surface area contributed by atoms with Gasteiger partial charge in [-0.15, -0.1) is 0 Å². The molecule has 6 nitrogen and oxygen atoms in total. The lowest BCUT2D eigenvalue weighted by molar-refractivity contribution is -0.137. The van der Waals surface area contributed by atoms with Crippen LogP contribution in [0.5, 0.6) is 0 Å². The van der Waals surface area contributed by atoms with Crippen LogP contribution in [0.2, 0.25) is 10.0 Å². The number of hydrogen-bond donors (Lipinski definition) is 1. The number of aromatic nitrogens is 2. The lowest BCUT2D eigenvalue weighted by Crippen LogP contribution is -2.38. The monoisotopic (exact) mass is 560 g/mol. The highest BCUT2D eigenvalue weighted by Gasteiger charge is 2.31. The van der Waals surface area contributed by atoms with Crippen LogP contribution in [0, 0.1) is 0 Å². The molecule has 0 aliphatic carbocycles. The number of likely N-dealkylation sites (N-methyl/N-ethyl adjacent to an activating group) is 1. The minimum absolute atomic E-state index is 0.101. The maximum absolute atomic E-state index is 13.1. The van der Waals surface area contributed by atoms with Crippen molar-refractivity contribution in [2.45, 2.75) is 13.1 Å². The first-order valence-corrected chi connectivity index (χ1v) is 12.2. The summed E-state index contributed by atoms with van der Waals surface area (Å²) in [5.74, 6) is -0.959. The summed E-state index contributed by atoms with van der Waals surface area (Å²) in [5.41, 5.74) is 0.796. The van der Waals surface area contributed by atoms with Gasteiger partial charge in [0.2, 0.25) is 5.91 Å². The Labute approximate surface area is 226 Å². The summed E-state index contributed by atoms with van der Waals surface area (Å²) in [6.07, 6.45) is -4.59. The Morgan fingerprint density at radius 2 is 1.68 bits per heavy atom. The number of alkyl halides is 3. The van der Waals surface area contributed by atoms with E-state index in [9.17, 15) is 22.8 Å². The van der Waals surface area contributed by atoms with E-state index in [1.165, 1.54) is 10.7 Å². The van der Waals surface area contributed by atoms with Crippen molar-refractivity contribution in [2.75, 3.05) is 18.4 Å². The molecular formula is C27H21Cl2F3N4O2. The zero-order chi connectivity index (χ0) is 27.4. The first-order chi connectivity index (χ1) is 18.1. The molecular weight excluding hydrogens is 540 g/mol. The number of anilines is 1. The van der Waals surface area contributed by atoms with E-state index >= 15 is 0 Å². The molecule has 1 aromatic heterocycles. The molecule has 2 amide bonds. The number of benzene rings is 3. The molecule has 196 valence electrons. The molecule has 38 heavy (non-hydrogen) atoms. The number of rotatable bonds is 7. The van der Waals surface area contributed by atoms with Crippen LogP contribution in [0.25, 0.3) is 16.9 Å². The second-order valence-electron chi connectivity index (χ2n) is 8.24. The third-order valence-corrected chi connectivity index (χ3v) is 6.37. The van der Waals surface area contributed by atoms with Gasteiger partial charge in [0.25, 0.3) is 5.91 Å². The normalized spacial score (nSPS) is 11.3. The SMILES string of the molecule is CCN(CC(=O)Nc1cc(-c2ccccc2)nn1-c1ccc(Cl)c(Cl)c1)C(=O)c1cccc(C(F)(F)F)c1. The third-order valence-electron chi connectivity index (χ3n) is 5.63. The molecule has 1 heterocycles. The number of nitrogens with one attached hydrogen (secondary N) is 1. The zero-order valence-electron chi connectivity index (χ0n) is 20.0. The zero-order valence-corrected chi connectivity index (χ0v) is 21.5. The molecule has 0 aliphatic heterocycles. The molecule has 0 bridgehead atoms. The van der Waals surface area contributed by atoms with Crippen molar-refractivity contribution in [3.63, 3.8) is 0 Å². The summed E-state index contributed by atoms with van der Waals surface area (Å²) in [4.78, 5) is 27.1. The molecule has 11 heteroatoms. The van der Waals surface area contributed by atoms with E-state index in [4.69, 9.17) is 23.2 Å². The lowest BCUT2D eigenvalue weighted by atomic mass is 10.1. The Balaban J connectivity index is 1.60. The molecule has 0 atom stereocenters. The predicted molar refractivity (Wildman–Crippen MR) is 141 cm³/mol. The van der Waals surface area contributed by atoms with Crippen molar-refractivity contribution in [1.82, 2.24) is 14.7 Å². The van der Waals surface area contributed by atoms with E-state index in [1.54, 1.807) is 31.2 Å². The topological polar surface area (TPSA) is 67.2 Å². The third kappa shape index (κ3) is 6.17. The van der Waals surface area contributed by atoms with Crippen molar-refractivity contribution >= 4 is 40.8 Å². The molecule has 4 aromatic rings. The van der Waals surface area contributed by atoms with Crippen molar-refractivity contribution < 1.29 is 22.8 Å². The van der Waals surface area contributed by atoms with Crippen LogP contribution in [0.15, 0.2) is 78.9 Å². The molecule has 0 spiro atoms. The molecule has 3 aromatic carbocycles. The average molecular weight is 561 g/mol. The maximum Gasteiger partial charge on any atom is 0.416 e. The fourth-order valence-corrected chi connectivity index (χ4v) is 4.02. The molecule has 0 unspecified atom stereocenters. The van der Waals surface area contributed by atoms with Gasteiger partial charge in [-0.05, 0) is 43.3 Å². The van der Waals surface area contributed by atoms with E-state index in [1.807, 2.05) is 30.3 Å². The fourth-order valence-electron chi connectivity index (χ4n) is 3.73. The number of carbonyl (C=O) groups excluding carboxylic acids is 2. The first-order valence-electron chi connectivity index (χ1n) is 11.4. The van der Waals surface area contributed by atoms with Gasteiger partial charge in [-0.1, -0.05) is 59.6 Å². The summed E-state index contributed by atoms with van der Waals surface area (Å²) in [6, 6.07) is 19.9. The Morgan fingerprint density at radius 3 is 2.34 bits per heavy atom. The van der Waals surface area contributed by atoms with E-state index in [2.05, 4.69) is 10.4 Å². The van der Waals surface area contributed by atoms with E-state index in [0.29, 0.717) is 27.2 Å². The minimum Gasteiger partial charge on any atom is -0.330 e. The first kappa shape index (κ1) is 27.2. The minimum atomic E-state index is -4.59.